The highest BCUT2D eigenvalue weighted by Crippen LogP contribution is 1.96. The molecule has 1 heteroatoms. The van der Waals surface area contributed by atoms with Gasteiger partial charge in [0.05, 0.1) is 6.61 Å². The number of hydrogen-bond acceptors (Lipinski definition) is 0. The lowest BCUT2D eigenvalue weighted by atomic mass is 10.2. The fraction of sp³-hybridized carbons (Fsp3) is 1.00. The molecule has 0 fully saturated rings. The largest absolute Gasteiger partial charge is 0.237 e. The zero-order chi connectivity index (χ0) is 5.54. The Bertz CT molecular complexity index is 23.4. The van der Waals surface area contributed by atoms with Crippen LogP contribution in [-0.2, 0) is 5.11 Å². The summed E-state index contributed by atoms with van der Waals surface area (Å²) in [7, 11) is 0. The number of hydrogen-bond donors (Lipinski definition) is 0. The maximum absolute atomic E-state index is 9.80. The third-order valence-electron chi connectivity index (χ3n) is 0.998. The zero-order valence-electron chi connectivity index (χ0n) is 4.94. The molecule has 0 spiro atoms. The van der Waals surface area contributed by atoms with Crippen LogP contribution in [0.5, 0.6) is 0 Å². The molecule has 1 radical (unpaired) electrons. The van der Waals surface area contributed by atoms with Crippen LogP contribution in [0.4, 0.5) is 0 Å². The van der Waals surface area contributed by atoms with Gasteiger partial charge in [-0.05, 0) is 6.42 Å². The average molecular weight is 101 g/mol. The van der Waals surface area contributed by atoms with Gasteiger partial charge in [-0.25, -0.2) is 5.11 Å². The quantitative estimate of drug-likeness (QED) is 0.483. The summed E-state index contributed by atoms with van der Waals surface area (Å²) < 4.78 is 0. The first-order valence-electron chi connectivity index (χ1n) is 3.00. The molecule has 0 heterocycles. The van der Waals surface area contributed by atoms with Gasteiger partial charge in [-0.1, -0.05) is 26.2 Å². The van der Waals surface area contributed by atoms with Gasteiger partial charge in [0.2, 0.25) is 0 Å². The minimum Gasteiger partial charge on any atom is -0.237 e. The van der Waals surface area contributed by atoms with Crippen LogP contribution in [0, 0.1) is 0 Å². The summed E-state index contributed by atoms with van der Waals surface area (Å²) in [6, 6.07) is 0. The Morgan fingerprint density at radius 2 is 1.86 bits per heavy atom. The molecule has 0 aliphatic heterocycles. The van der Waals surface area contributed by atoms with Crippen LogP contribution in [-0.4, -0.2) is 6.61 Å². The van der Waals surface area contributed by atoms with Gasteiger partial charge >= 0.3 is 0 Å². The van der Waals surface area contributed by atoms with Gasteiger partial charge in [-0.3, -0.25) is 0 Å². The summed E-state index contributed by atoms with van der Waals surface area (Å²) in [6.07, 6.45) is 4.44. The molecule has 43 valence electrons. The highest BCUT2D eigenvalue weighted by molar-refractivity contribution is 4.35. The second kappa shape index (κ2) is 5.96. The van der Waals surface area contributed by atoms with Crippen molar-refractivity contribution in [1.29, 1.82) is 0 Å². The van der Waals surface area contributed by atoms with E-state index in [9.17, 15) is 5.11 Å². The Hall–Kier alpha value is -0.0400. The van der Waals surface area contributed by atoms with E-state index >= 15 is 0 Å². The van der Waals surface area contributed by atoms with Crippen molar-refractivity contribution >= 4 is 0 Å². The molecule has 0 aromatic carbocycles. The lowest BCUT2D eigenvalue weighted by Gasteiger charge is -1.89. The second-order valence-electron chi connectivity index (χ2n) is 1.76. The van der Waals surface area contributed by atoms with Gasteiger partial charge in [0.25, 0.3) is 0 Å². The van der Waals surface area contributed by atoms with E-state index in [1.807, 2.05) is 0 Å². The summed E-state index contributed by atoms with van der Waals surface area (Å²) >= 11 is 0. The van der Waals surface area contributed by atoms with Crippen LogP contribution in [0.2, 0.25) is 0 Å². The first kappa shape index (κ1) is 6.96. The van der Waals surface area contributed by atoms with Crippen molar-refractivity contribution < 1.29 is 5.11 Å². The van der Waals surface area contributed by atoms with Crippen LogP contribution >= 0.6 is 0 Å². The molecule has 0 N–H and O–H groups in total. The zero-order valence-corrected chi connectivity index (χ0v) is 4.94. The lowest BCUT2D eigenvalue weighted by Crippen LogP contribution is -1.78. The molecule has 0 unspecified atom stereocenters. The summed E-state index contributed by atoms with van der Waals surface area (Å²) in [5.74, 6) is 0. The van der Waals surface area contributed by atoms with Crippen molar-refractivity contribution in [1.82, 2.24) is 0 Å². The maximum atomic E-state index is 9.80. The predicted molar refractivity (Wildman–Crippen MR) is 29.7 cm³/mol. The van der Waals surface area contributed by atoms with Gasteiger partial charge in [0, 0.05) is 0 Å². The molecule has 0 atom stereocenters. The summed E-state index contributed by atoms with van der Waals surface area (Å²) in [5.41, 5.74) is 0. The van der Waals surface area contributed by atoms with Crippen LogP contribution < -0.4 is 0 Å². The Labute approximate surface area is 45.4 Å². The minimum atomic E-state index is 0.111. The smallest absolute Gasteiger partial charge is 0.0822 e. The van der Waals surface area contributed by atoms with E-state index in [0.29, 0.717) is 0 Å². The van der Waals surface area contributed by atoms with Gasteiger partial charge in [-0.15, -0.1) is 0 Å². The molecule has 0 aromatic heterocycles. The van der Waals surface area contributed by atoms with E-state index in [-0.39, 0.29) is 6.61 Å². The average Bonchev–Trinajstić information content (AvgIpc) is 1.69. The highest BCUT2D eigenvalue weighted by Gasteiger charge is 1.82. The molecule has 0 aromatic rings. The van der Waals surface area contributed by atoms with Crippen LogP contribution in [0.1, 0.15) is 32.6 Å². The normalized spacial score (nSPS) is 9.43. The Balaban J connectivity index is 2.45. The Morgan fingerprint density at radius 3 is 2.29 bits per heavy atom. The highest BCUT2D eigenvalue weighted by atomic mass is 16.2. The molecule has 0 aliphatic rings. The molecule has 0 amide bonds. The molecule has 0 saturated heterocycles. The van der Waals surface area contributed by atoms with Gasteiger partial charge < -0.3 is 0 Å². The van der Waals surface area contributed by atoms with Crippen molar-refractivity contribution in [3.8, 4) is 0 Å². The molecule has 0 saturated carbocycles. The van der Waals surface area contributed by atoms with Gasteiger partial charge in [0.1, 0.15) is 0 Å². The van der Waals surface area contributed by atoms with Crippen molar-refractivity contribution in [2.45, 2.75) is 32.6 Å². The lowest BCUT2D eigenvalue weighted by molar-refractivity contribution is 0.186. The molecule has 0 aliphatic carbocycles. The SMILES string of the molecule is CCCCCC[O]. The van der Waals surface area contributed by atoms with E-state index < -0.39 is 0 Å². The fourth-order valence-electron chi connectivity index (χ4n) is 0.529. The summed E-state index contributed by atoms with van der Waals surface area (Å²) in [5, 5.41) is 9.80. The van der Waals surface area contributed by atoms with E-state index in [4.69, 9.17) is 0 Å². The molecule has 7 heavy (non-hydrogen) atoms. The molecule has 1 nitrogen and oxygen atoms in total. The molecule has 0 bridgehead atoms. The van der Waals surface area contributed by atoms with Crippen molar-refractivity contribution in [3.63, 3.8) is 0 Å². The van der Waals surface area contributed by atoms with E-state index in [1.54, 1.807) is 0 Å². The van der Waals surface area contributed by atoms with Gasteiger partial charge in [-0.2, -0.15) is 0 Å². The van der Waals surface area contributed by atoms with Crippen LogP contribution in [0.15, 0.2) is 0 Å². The van der Waals surface area contributed by atoms with Crippen molar-refractivity contribution in [2.24, 2.45) is 0 Å². The van der Waals surface area contributed by atoms with Crippen molar-refractivity contribution in [3.05, 3.63) is 0 Å². The third-order valence-corrected chi connectivity index (χ3v) is 0.998. The molecule has 0 rings (SSSR count). The topological polar surface area (TPSA) is 19.9 Å². The predicted octanol–water partition coefficient (Wildman–Crippen LogP) is 2.00. The van der Waals surface area contributed by atoms with Crippen LogP contribution in [0.25, 0.3) is 0 Å². The summed E-state index contributed by atoms with van der Waals surface area (Å²) in [6.45, 7) is 2.25. The number of rotatable bonds is 4. The van der Waals surface area contributed by atoms with E-state index in [2.05, 4.69) is 6.92 Å². The minimum absolute atomic E-state index is 0.111. The van der Waals surface area contributed by atoms with E-state index in [1.165, 1.54) is 12.8 Å². The maximum Gasteiger partial charge on any atom is 0.0822 e. The molecular formula is C6H13O. The Kier molecular flexibility index (Phi) is 5.93. The third kappa shape index (κ3) is 5.96. The van der Waals surface area contributed by atoms with Gasteiger partial charge in [0.15, 0.2) is 0 Å². The summed E-state index contributed by atoms with van der Waals surface area (Å²) in [4.78, 5) is 0. The van der Waals surface area contributed by atoms with E-state index in [0.717, 1.165) is 12.8 Å². The molecular weight excluding hydrogens is 88.1 g/mol. The monoisotopic (exact) mass is 101 g/mol. The fourth-order valence-corrected chi connectivity index (χ4v) is 0.529. The first-order chi connectivity index (χ1) is 3.41. The first-order valence-corrected chi connectivity index (χ1v) is 3.00. The standard InChI is InChI=1S/C6H13O/c1-2-3-4-5-6-7/h2-6H2,1H3. The number of unbranched alkanes of at least 4 members (excludes halogenated alkanes) is 3. The Morgan fingerprint density at radius 1 is 1.14 bits per heavy atom. The second-order valence-corrected chi connectivity index (χ2v) is 1.76. The van der Waals surface area contributed by atoms with Crippen molar-refractivity contribution in [2.75, 3.05) is 6.61 Å². The van der Waals surface area contributed by atoms with Crippen LogP contribution in [0.3, 0.4) is 0 Å².